The first-order chi connectivity index (χ1) is 19.5. The van der Waals surface area contributed by atoms with Gasteiger partial charge in [-0.05, 0) is 63.2 Å². The Morgan fingerprint density at radius 3 is 2.17 bits per heavy atom. The number of esters is 1. The molecule has 0 saturated heterocycles. The zero-order valence-corrected chi connectivity index (χ0v) is 26.9. The molecule has 0 spiro atoms. The summed E-state index contributed by atoms with van der Waals surface area (Å²) in [5, 5.41) is 5.40. The van der Waals surface area contributed by atoms with Gasteiger partial charge < -0.3 is 25.0 Å². The first-order valence-electron chi connectivity index (χ1n) is 14.7. The van der Waals surface area contributed by atoms with Gasteiger partial charge in [-0.3, -0.25) is 14.4 Å². The van der Waals surface area contributed by atoms with Crippen LogP contribution in [-0.4, -0.2) is 72.6 Å². The predicted octanol–water partition coefficient (Wildman–Crippen LogP) is 5.41. The average Bonchev–Trinajstić information content (AvgIpc) is 2.93. The standard InChI is InChI=1S/C31H51N3O6S/c1-8-10-11-12-13-14-20-34(29(37)25(19-21-41-7)33-30(38)40-31(3,4)5)27(28(36)32-22-26(35)39-6)24-17-15-23(9-2)16-18-24/h15-18,25,27H,8-14,19-22H2,1-7H3,(H,32,36)(H,33,38). The molecule has 0 bridgehead atoms. The summed E-state index contributed by atoms with van der Waals surface area (Å²) in [5.41, 5.74) is 0.998. The van der Waals surface area contributed by atoms with Gasteiger partial charge in [0.15, 0.2) is 0 Å². The summed E-state index contributed by atoms with van der Waals surface area (Å²) in [7, 11) is 1.25. The number of carbonyl (C=O) groups excluding carboxylic acids is 4. The lowest BCUT2D eigenvalue weighted by Gasteiger charge is -2.34. The van der Waals surface area contributed by atoms with Gasteiger partial charge in [-0.25, -0.2) is 4.79 Å². The van der Waals surface area contributed by atoms with Crippen molar-refractivity contribution < 1.29 is 28.7 Å². The summed E-state index contributed by atoms with van der Waals surface area (Å²) in [6.07, 6.45) is 8.49. The molecule has 10 heteroatoms. The Hall–Kier alpha value is -2.75. The van der Waals surface area contributed by atoms with Crippen LogP contribution >= 0.6 is 11.8 Å². The van der Waals surface area contributed by atoms with Crippen molar-refractivity contribution >= 4 is 35.6 Å². The molecule has 41 heavy (non-hydrogen) atoms. The van der Waals surface area contributed by atoms with Gasteiger partial charge in [0.05, 0.1) is 7.11 Å². The summed E-state index contributed by atoms with van der Waals surface area (Å²) < 4.78 is 10.2. The van der Waals surface area contributed by atoms with Crippen LogP contribution in [0.15, 0.2) is 24.3 Å². The number of nitrogens with zero attached hydrogens (tertiary/aromatic N) is 1. The third kappa shape index (κ3) is 14.1. The highest BCUT2D eigenvalue weighted by molar-refractivity contribution is 7.98. The molecule has 0 aromatic heterocycles. The molecule has 0 radical (unpaired) electrons. The van der Waals surface area contributed by atoms with Crippen LogP contribution in [0.1, 0.15) is 96.7 Å². The SMILES string of the molecule is CCCCCCCCN(C(=O)C(CCSC)NC(=O)OC(C)(C)C)C(C(=O)NCC(=O)OC)c1ccc(CC)cc1. The lowest BCUT2D eigenvalue weighted by Crippen LogP contribution is -2.53. The van der Waals surface area contributed by atoms with E-state index in [4.69, 9.17) is 9.47 Å². The van der Waals surface area contributed by atoms with E-state index in [1.807, 2.05) is 37.4 Å². The van der Waals surface area contributed by atoms with E-state index in [0.717, 1.165) is 44.1 Å². The highest BCUT2D eigenvalue weighted by Gasteiger charge is 2.36. The van der Waals surface area contributed by atoms with Gasteiger partial charge in [-0.2, -0.15) is 11.8 Å². The average molecular weight is 594 g/mol. The summed E-state index contributed by atoms with van der Waals surface area (Å²) in [4.78, 5) is 54.0. The number of hydrogen-bond acceptors (Lipinski definition) is 7. The lowest BCUT2D eigenvalue weighted by atomic mass is 9.99. The van der Waals surface area contributed by atoms with Gasteiger partial charge in [0.1, 0.15) is 24.2 Å². The fourth-order valence-electron chi connectivity index (χ4n) is 4.31. The zero-order valence-electron chi connectivity index (χ0n) is 26.0. The van der Waals surface area contributed by atoms with Crippen molar-refractivity contribution in [2.45, 2.75) is 104 Å². The van der Waals surface area contributed by atoms with Crippen LogP contribution in [0.2, 0.25) is 0 Å². The Labute approximate surface area is 250 Å². The summed E-state index contributed by atoms with van der Waals surface area (Å²) in [6, 6.07) is 5.69. The number of benzene rings is 1. The van der Waals surface area contributed by atoms with Crippen molar-refractivity contribution in [1.29, 1.82) is 0 Å². The number of nitrogens with one attached hydrogen (secondary N) is 2. The molecule has 1 aromatic rings. The van der Waals surface area contributed by atoms with Crippen LogP contribution in [0.5, 0.6) is 0 Å². The number of rotatable bonds is 18. The Bertz CT molecular complexity index is 948. The normalized spacial score (nSPS) is 12.7. The van der Waals surface area contributed by atoms with Crippen molar-refractivity contribution in [2.24, 2.45) is 0 Å². The van der Waals surface area contributed by atoms with Crippen LogP contribution < -0.4 is 10.6 Å². The van der Waals surface area contributed by atoms with E-state index in [0.29, 0.717) is 30.7 Å². The van der Waals surface area contributed by atoms with E-state index in [1.54, 1.807) is 37.4 Å². The molecule has 1 aromatic carbocycles. The number of unbranched alkanes of at least 4 members (excludes halogenated alkanes) is 5. The summed E-state index contributed by atoms with van der Waals surface area (Å²) in [6.45, 7) is 9.50. The maximum atomic E-state index is 14.2. The first kappa shape index (κ1) is 36.3. The maximum Gasteiger partial charge on any atom is 0.408 e. The summed E-state index contributed by atoms with van der Waals surface area (Å²) in [5.74, 6) is -0.811. The van der Waals surface area contributed by atoms with Gasteiger partial charge in [0.2, 0.25) is 11.8 Å². The monoisotopic (exact) mass is 593 g/mol. The predicted molar refractivity (Wildman–Crippen MR) is 165 cm³/mol. The van der Waals surface area contributed by atoms with Crippen LogP contribution in [0, 0.1) is 0 Å². The molecular weight excluding hydrogens is 542 g/mol. The van der Waals surface area contributed by atoms with Crippen molar-refractivity contribution in [1.82, 2.24) is 15.5 Å². The van der Waals surface area contributed by atoms with Gasteiger partial charge in [0, 0.05) is 6.54 Å². The fourth-order valence-corrected chi connectivity index (χ4v) is 4.78. The largest absolute Gasteiger partial charge is 0.468 e. The van der Waals surface area contributed by atoms with E-state index >= 15 is 0 Å². The fraction of sp³-hybridized carbons (Fsp3) is 0.677. The van der Waals surface area contributed by atoms with E-state index in [-0.39, 0.29) is 12.5 Å². The smallest absolute Gasteiger partial charge is 0.408 e. The molecule has 0 fully saturated rings. The number of aryl methyl sites for hydroxylation is 1. The minimum absolute atomic E-state index is 0.315. The van der Waals surface area contributed by atoms with Crippen molar-refractivity contribution in [2.75, 3.05) is 32.2 Å². The second kappa shape index (κ2) is 19.4. The molecule has 0 heterocycles. The second-order valence-electron chi connectivity index (χ2n) is 11.1. The number of hydrogen-bond donors (Lipinski definition) is 2. The van der Waals surface area contributed by atoms with Crippen molar-refractivity contribution in [3.05, 3.63) is 35.4 Å². The van der Waals surface area contributed by atoms with E-state index < -0.39 is 35.7 Å². The van der Waals surface area contributed by atoms with Gasteiger partial charge >= 0.3 is 12.1 Å². The van der Waals surface area contributed by atoms with Crippen LogP contribution in [0.25, 0.3) is 0 Å². The molecule has 0 aliphatic carbocycles. The Morgan fingerprint density at radius 2 is 1.61 bits per heavy atom. The topological polar surface area (TPSA) is 114 Å². The third-order valence-corrected chi connectivity index (χ3v) is 7.18. The highest BCUT2D eigenvalue weighted by Crippen LogP contribution is 2.25. The number of amides is 3. The molecule has 0 saturated carbocycles. The number of thioether (sulfide) groups is 1. The van der Waals surface area contributed by atoms with E-state index in [2.05, 4.69) is 17.6 Å². The minimum Gasteiger partial charge on any atom is -0.468 e. The molecule has 0 aliphatic heterocycles. The first-order valence-corrected chi connectivity index (χ1v) is 16.1. The molecule has 9 nitrogen and oxygen atoms in total. The quantitative estimate of drug-likeness (QED) is 0.173. The Morgan fingerprint density at radius 1 is 0.976 bits per heavy atom. The Kier molecular flexibility index (Phi) is 17.2. The number of alkyl carbamates (subject to hydrolysis) is 1. The van der Waals surface area contributed by atoms with Gasteiger partial charge in [-0.15, -0.1) is 0 Å². The van der Waals surface area contributed by atoms with Crippen molar-refractivity contribution in [3.63, 3.8) is 0 Å². The van der Waals surface area contributed by atoms with Crippen LogP contribution in [0.3, 0.4) is 0 Å². The minimum atomic E-state index is -0.995. The molecule has 2 atom stereocenters. The molecule has 232 valence electrons. The molecular formula is C31H51N3O6S. The highest BCUT2D eigenvalue weighted by atomic mass is 32.2. The molecule has 1 rings (SSSR count). The lowest BCUT2D eigenvalue weighted by molar-refractivity contribution is -0.144. The van der Waals surface area contributed by atoms with Gasteiger partial charge in [-0.1, -0.05) is 70.2 Å². The van der Waals surface area contributed by atoms with Crippen molar-refractivity contribution in [3.8, 4) is 0 Å². The van der Waals surface area contributed by atoms with Crippen LogP contribution in [-0.2, 0) is 30.3 Å². The van der Waals surface area contributed by atoms with E-state index in [1.165, 1.54) is 7.11 Å². The number of methoxy groups -OCH3 is 1. The molecule has 2 N–H and O–H groups in total. The molecule has 3 amide bonds. The molecule has 2 unspecified atom stereocenters. The maximum absolute atomic E-state index is 14.2. The third-order valence-electron chi connectivity index (χ3n) is 6.53. The number of ether oxygens (including phenoxy) is 2. The van der Waals surface area contributed by atoms with Crippen LogP contribution in [0.4, 0.5) is 4.79 Å². The molecule has 0 aliphatic rings. The van der Waals surface area contributed by atoms with E-state index in [9.17, 15) is 19.2 Å². The second-order valence-corrected chi connectivity index (χ2v) is 12.1. The Balaban J connectivity index is 3.45. The summed E-state index contributed by atoms with van der Waals surface area (Å²) >= 11 is 1.56. The zero-order chi connectivity index (χ0) is 30.8. The van der Waals surface area contributed by atoms with Gasteiger partial charge in [0.25, 0.3) is 0 Å². The number of carbonyl (C=O) groups is 4.